The minimum absolute atomic E-state index is 0.0378. The minimum atomic E-state index is -0.0378. The maximum absolute atomic E-state index is 11.9. The minimum Gasteiger partial charge on any atom is -0.490 e. The monoisotopic (exact) mass is 369 g/mol. The van der Waals surface area contributed by atoms with Crippen molar-refractivity contribution in [3.05, 3.63) is 40.3 Å². The van der Waals surface area contributed by atoms with Gasteiger partial charge in [-0.3, -0.25) is 4.79 Å². The van der Waals surface area contributed by atoms with Gasteiger partial charge in [0.25, 0.3) is 5.56 Å². The Labute approximate surface area is 161 Å². The van der Waals surface area contributed by atoms with Gasteiger partial charge in [0.1, 0.15) is 11.9 Å². The van der Waals surface area contributed by atoms with Crippen molar-refractivity contribution in [1.82, 2.24) is 15.2 Å². The van der Waals surface area contributed by atoms with Crippen LogP contribution in [0.25, 0.3) is 10.8 Å². The molecule has 2 saturated heterocycles. The first-order valence-corrected chi connectivity index (χ1v) is 10.4. The number of fused-ring (bicyclic) bond motifs is 1. The molecule has 5 heteroatoms. The molecular formula is C22H31N3O2. The highest BCUT2D eigenvalue weighted by molar-refractivity contribution is 5.83. The summed E-state index contributed by atoms with van der Waals surface area (Å²) < 4.78 is 6.33. The van der Waals surface area contributed by atoms with Gasteiger partial charge < -0.3 is 19.9 Å². The van der Waals surface area contributed by atoms with Crippen molar-refractivity contribution >= 4 is 10.8 Å². The smallest absolute Gasteiger partial charge is 0.255 e. The van der Waals surface area contributed by atoms with Crippen LogP contribution in [-0.4, -0.2) is 48.7 Å². The molecule has 3 heterocycles. The predicted molar refractivity (Wildman–Crippen MR) is 110 cm³/mol. The van der Waals surface area contributed by atoms with E-state index >= 15 is 0 Å². The lowest BCUT2D eigenvalue weighted by atomic mass is 9.94. The van der Waals surface area contributed by atoms with Gasteiger partial charge in [-0.2, -0.15) is 0 Å². The van der Waals surface area contributed by atoms with Gasteiger partial charge in [0.2, 0.25) is 0 Å². The number of ether oxygens (including phenoxy) is 1. The molecule has 0 unspecified atom stereocenters. The second-order valence-electron chi connectivity index (χ2n) is 8.15. The van der Waals surface area contributed by atoms with E-state index in [-0.39, 0.29) is 11.7 Å². The molecule has 2 N–H and O–H groups in total. The third-order valence-electron chi connectivity index (χ3n) is 6.21. The lowest BCUT2D eigenvalue weighted by Crippen LogP contribution is -2.39. The molecule has 2 aliphatic heterocycles. The van der Waals surface area contributed by atoms with Crippen molar-refractivity contribution in [1.29, 1.82) is 0 Å². The molecule has 4 rings (SSSR count). The van der Waals surface area contributed by atoms with E-state index in [2.05, 4.69) is 15.2 Å². The van der Waals surface area contributed by atoms with Crippen LogP contribution >= 0.6 is 0 Å². The normalized spacial score (nSPS) is 20.2. The average molecular weight is 370 g/mol. The van der Waals surface area contributed by atoms with E-state index < -0.39 is 0 Å². The van der Waals surface area contributed by atoms with E-state index in [1.165, 1.54) is 38.9 Å². The first kappa shape index (κ1) is 18.5. The third-order valence-corrected chi connectivity index (χ3v) is 6.21. The van der Waals surface area contributed by atoms with Crippen molar-refractivity contribution in [3.63, 3.8) is 0 Å². The van der Waals surface area contributed by atoms with E-state index in [1.54, 1.807) is 6.20 Å². The fourth-order valence-electron chi connectivity index (χ4n) is 4.42. The van der Waals surface area contributed by atoms with Crippen molar-refractivity contribution in [2.75, 3.05) is 32.7 Å². The van der Waals surface area contributed by atoms with Gasteiger partial charge in [0.15, 0.2) is 0 Å². The molecule has 5 nitrogen and oxygen atoms in total. The Kier molecular flexibility index (Phi) is 5.79. The van der Waals surface area contributed by atoms with Gasteiger partial charge in [0, 0.05) is 24.7 Å². The topological polar surface area (TPSA) is 57.4 Å². The number of hydrogen-bond donors (Lipinski definition) is 2. The second kappa shape index (κ2) is 8.44. The first-order chi connectivity index (χ1) is 13.2. The summed E-state index contributed by atoms with van der Waals surface area (Å²) >= 11 is 0. The Morgan fingerprint density at radius 1 is 1.15 bits per heavy atom. The Morgan fingerprint density at radius 3 is 2.70 bits per heavy atom. The van der Waals surface area contributed by atoms with Gasteiger partial charge >= 0.3 is 0 Å². The molecule has 0 saturated carbocycles. The highest BCUT2D eigenvalue weighted by atomic mass is 16.5. The number of benzene rings is 1. The zero-order chi connectivity index (χ0) is 18.6. The van der Waals surface area contributed by atoms with Crippen LogP contribution in [0.3, 0.4) is 0 Å². The molecule has 0 aliphatic carbocycles. The molecule has 0 spiro atoms. The van der Waals surface area contributed by atoms with Crippen LogP contribution in [-0.2, 0) is 0 Å². The van der Waals surface area contributed by atoms with Gasteiger partial charge in [0.05, 0.1) is 0 Å². The van der Waals surface area contributed by atoms with E-state index in [4.69, 9.17) is 4.74 Å². The molecule has 0 atom stereocenters. The molecule has 2 fully saturated rings. The molecule has 0 bridgehead atoms. The third kappa shape index (κ3) is 4.53. The molecular weight excluding hydrogens is 338 g/mol. The fourth-order valence-corrected chi connectivity index (χ4v) is 4.42. The number of pyridine rings is 1. The lowest BCUT2D eigenvalue weighted by molar-refractivity contribution is 0.0954. The number of rotatable bonds is 5. The van der Waals surface area contributed by atoms with Crippen LogP contribution in [0.15, 0.2) is 29.2 Å². The van der Waals surface area contributed by atoms with Gasteiger partial charge in [-0.05, 0) is 93.7 Å². The summed E-state index contributed by atoms with van der Waals surface area (Å²) in [6.45, 7) is 7.89. The average Bonchev–Trinajstić information content (AvgIpc) is 2.70. The highest BCUT2D eigenvalue weighted by Crippen LogP contribution is 2.27. The van der Waals surface area contributed by atoms with Crippen molar-refractivity contribution in [2.45, 2.75) is 45.1 Å². The van der Waals surface area contributed by atoms with E-state index in [1.807, 2.05) is 25.1 Å². The molecule has 146 valence electrons. The number of H-pyrrole nitrogens is 1. The number of nitrogens with zero attached hydrogens (tertiary/aromatic N) is 1. The Hall–Kier alpha value is -1.85. The molecule has 0 amide bonds. The van der Waals surface area contributed by atoms with Crippen molar-refractivity contribution in [2.24, 2.45) is 5.92 Å². The van der Waals surface area contributed by atoms with Crippen LogP contribution in [0.5, 0.6) is 5.75 Å². The zero-order valence-corrected chi connectivity index (χ0v) is 16.3. The number of piperidine rings is 2. The maximum Gasteiger partial charge on any atom is 0.255 e. The van der Waals surface area contributed by atoms with Gasteiger partial charge in [-0.1, -0.05) is 0 Å². The van der Waals surface area contributed by atoms with Crippen LogP contribution in [0, 0.1) is 12.8 Å². The zero-order valence-electron chi connectivity index (χ0n) is 16.3. The fraction of sp³-hybridized carbons (Fsp3) is 0.591. The predicted octanol–water partition coefficient (Wildman–Crippen LogP) is 3.07. The lowest BCUT2D eigenvalue weighted by Gasteiger charge is -2.33. The molecule has 1 aromatic heterocycles. The second-order valence-corrected chi connectivity index (χ2v) is 8.15. The number of aromatic amines is 1. The quantitative estimate of drug-likeness (QED) is 0.850. The summed E-state index contributed by atoms with van der Waals surface area (Å²) in [5.41, 5.74) is 0.997. The largest absolute Gasteiger partial charge is 0.490 e. The van der Waals surface area contributed by atoms with E-state index in [9.17, 15) is 4.79 Å². The maximum atomic E-state index is 11.9. The van der Waals surface area contributed by atoms with Gasteiger partial charge in [-0.15, -0.1) is 0 Å². The SMILES string of the molecule is Cc1cc2c(=O)[nH]ccc2cc1OC1CCN(CCC2CCNCC2)CC1. The number of likely N-dealkylation sites (tertiary alicyclic amines) is 1. The standard InChI is InChI=1S/C22H31N3O2/c1-16-14-20-18(4-10-24-22(20)26)15-21(16)27-19-6-12-25(13-7-19)11-5-17-2-8-23-9-3-17/h4,10,14-15,17,19,23H,2-3,5-9,11-13H2,1H3,(H,24,26). The summed E-state index contributed by atoms with van der Waals surface area (Å²) in [6, 6.07) is 5.90. The highest BCUT2D eigenvalue weighted by Gasteiger charge is 2.22. The molecule has 2 aromatic rings. The first-order valence-electron chi connectivity index (χ1n) is 10.4. The van der Waals surface area contributed by atoms with Crippen molar-refractivity contribution in [3.8, 4) is 5.75 Å². The van der Waals surface area contributed by atoms with Crippen LogP contribution < -0.4 is 15.6 Å². The van der Waals surface area contributed by atoms with E-state index in [0.717, 1.165) is 53.9 Å². The van der Waals surface area contributed by atoms with Crippen LogP contribution in [0.2, 0.25) is 0 Å². The van der Waals surface area contributed by atoms with E-state index in [0.29, 0.717) is 0 Å². The van der Waals surface area contributed by atoms with Crippen LogP contribution in [0.1, 0.15) is 37.7 Å². The number of aromatic nitrogens is 1. The number of hydrogen-bond acceptors (Lipinski definition) is 4. The molecule has 27 heavy (non-hydrogen) atoms. The van der Waals surface area contributed by atoms with Gasteiger partial charge in [-0.25, -0.2) is 0 Å². The van der Waals surface area contributed by atoms with Crippen molar-refractivity contribution < 1.29 is 4.74 Å². The number of aryl methyl sites for hydroxylation is 1. The Bertz CT molecular complexity index is 818. The summed E-state index contributed by atoms with van der Waals surface area (Å²) in [4.78, 5) is 17.3. The van der Waals surface area contributed by atoms with Crippen LogP contribution in [0.4, 0.5) is 0 Å². The Balaban J connectivity index is 1.30. The summed E-state index contributed by atoms with van der Waals surface area (Å²) in [5.74, 6) is 1.82. The molecule has 0 radical (unpaired) electrons. The number of nitrogens with one attached hydrogen (secondary N) is 2. The molecule has 1 aromatic carbocycles. The summed E-state index contributed by atoms with van der Waals surface area (Å²) in [6.07, 6.45) is 8.15. The Morgan fingerprint density at radius 2 is 1.93 bits per heavy atom. The summed E-state index contributed by atoms with van der Waals surface area (Å²) in [7, 11) is 0. The molecule has 2 aliphatic rings. The summed E-state index contributed by atoms with van der Waals surface area (Å²) in [5, 5.41) is 5.13.